The molecular formula is C17H23N3O2S. The third-order valence-electron chi connectivity index (χ3n) is 4.44. The highest BCUT2D eigenvalue weighted by molar-refractivity contribution is 7.16. The van der Waals surface area contributed by atoms with Gasteiger partial charge >= 0.3 is 0 Å². The van der Waals surface area contributed by atoms with Gasteiger partial charge < -0.3 is 9.84 Å². The molecule has 6 heteroatoms. The van der Waals surface area contributed by atoms with Crippen molar-refractivity contribution in [2.75, 3.05) is 5.32 Å². The molecule has 0 saturated heterocycles. The molecular weight excluding hydrogens is 310 g/mol. The molecule has 0 atom stereocenters. The summed E-state index contributed by atoms with van der Waals surface area (Å²) < 4.78 is 5.15. The van der Waals surface area contributed by atoms with Crippen LogP contribution in [-0.4, -0.2) is 16.0 Å². The van der Waals surface area contributed by atoms with Crippen LogP contribution in [0.25, 0.3) is 10.7 Å². The summed E-state index contributed by atoms with van der Waals surface area (Å²) in [6.45, 7) is 3.98. The highest BCUT2D eigenvalue weighted by atomic mass is 32.1. The van der Waals surface area contributed by atoms with Crippen LogP contribution in [0.4, 0.5) is 5.69 Å². The van der Waals surface area contributed by atoms with Gasteiger partial charge in [-0.3, -0.25) is 4.79 Å². The zero-order valence-corrected chi connectivity index (χ0v) is 14.5. The summed E-state index contributed by atoms with van der Waals surface area (Å²) in [5.74, 6) is 2.08. The normalized spacial score (nSPS) is 15.2. The lowest BCUT2D eigenvalue weighted by molar-refractivity contribution is -0.116. The molecule has 0 bridgehead atoms. The summed E-state index contributed by atoms with van der Waals surface area (Å²) in [7, 11) is 0. The Morgan fingerprint density at radius 1 is 1.43 bits per heavy atom. The smallest absolute Gasteiger partial charge is 0.226 e. The first kappa shape index (κ1) is 16.2. The van der Waals surface area contributed by atoms with Crippen molar-refractivity contribution < 1.29 is 9.32 Å². The number of amides is 1. The van der Waals surface area contributed by atoms with Gasteiger partial charge in [0.15, 0.2) is 0 Å². The zero-order valence-electron chi connectivity index (χ0n) is 13.7. The fraction of sp³-hybridized carbons (Fsp3) is 0.588. The summed E-state index contributed by atoms with van der Waals surface area (Å²) >= 11 is 1.58. The lowest BCUT2D eigenvalue weighted by atomic mass is 10.0. The van der Waals surface area contributed by atoms with Crippen LogP contribution in [0.3, 0.4) is 0 Å². The van der Waals surface area contributed by atoms with Gasteiger partial charge in [0.25, 0.3) is 0 Å². The van der Waals surface area contributed by atoms with E-state index < -0.39 is 0 Å². The molecule has 1 aliphatic carbocycles. The molecule has 1 aliphatic rings. The van der Waals surface area contributed by atoms with Crippen LogP contribution in [0.15, 0.2) is 10.6 Å². The largest absolute Gasteiger partial charge is 0.339 e. The summed E-state index contributed by atoms with van der Waals surface area (Å²) in [6.07, 6.45) is 7.55. The van der Waals surface area contributed by atoms with Crippen LogP contribution in [0.2, 0.25) is 0 Å². The molecule has 2 heterocycles. The van der Waals surface area contributed by atoms with Gasteiger partial charge in [0.1, 0.15) is 0 Å². The van der Waals surface area contributed by atoms with Gasteiger partial charge in [0.2, 0.25) is 17.6 Å². The van der Waals surface area contributed by atoms with Gasteiger partial charge in [-0.05, 0) is 25.3 Å². The van der Waals surface area contributed by atoms with Gasteiger partial charge in [-0.1, -0.05) is 37.8 Å². The first-order valence-electron chi connectivity index (χ1n) is 8.39. The van der Waals surface area contributed by atoms with E-state index in [2.05, 4.69) is 15.5 Å². The van der Waals surface area contributed by atoms with Crippen LogP contribution >= 0.6 is 11.3 Å². The maximum absolute atomic E-state index is 12.2. The minimum absolute atomic E-state index is 0.103. The second-order valence-corrected chi connectivity index (χ2v) is 7.44. The molecule has 2 aromatic heterocycles. The number of rotatable bonds is 6. The van der Waals surface area contributed by atoms with E-state index in [1.54, 1.807) is 11.3 Å². The first-order chi connectivity index (χ1) is 11.2. The van der Waals surface area contributed by atoms with Crippen molar-refractivity contribution in [2.45, 2.75) is 58.8 Å². The highest BCUT2D eigenvalue weighted by Gasteiger charge is 2.18. The van der Waals surface area contributed by atoms with Gasteiger partial charge in [0, 0.05) is 17.7 Å². The fourth-order valence-corrected chi connectivity index (χ4v) is 3.96. The second kappa shape index (κ2) is 7.25. The summed E-state index contributed by atoms with van der Waals surface area (Å²) in [6, 6.07) is 1.94. The third kappa shape index (κ3) is 3.99. The average Bonchev–Trinajstić information content (AvgIpc) is 3.26. The quantitative estimate of drug-likeness (QED) is 0.840. The number of hydrogen-bond donors (Lipinski definition) is 1. The van der Waals surface area contributed by atoms with E-state index in [-0.39, 0.29) is 5.91 Å². The van der Waals surface area contributed by atoms with Crippen LogP contribution < -0.4 is 5.32 Å². The van der Waals surface area contributed by atoms with E-state index in [1.165, 1.54) is 25.7 Å². The van der Waals surface area contributed by atoms with E-state index in [0.717, 1.165) is 34.2 Å². The van der Waals surface area contributed by atoms with Crippen molar-refractivity contribution >= 4 is 22.9 Å². The number of nitrogens with zero attached hydrogens (tertiary/aromatic N) is 2. The maximum atomic E-state index is 12.2. The second-order valence-electron chi connectivity index (χ2n) is 6.18. The molecule has 5 nitrogen and oxygen atoms in total. The molecule has 1 fully saturated rings. The number of nitrogens with one attached hydrogen (secondary N) is 1. The number of anilines is 1. The summed E-state index contributed by atoms with van der Waals surface area (Å²) in [5, 5.41) is 7.02. The molecule has 23 heavy (non-hydrogen) atoms. The van der Waals surface area contributed by atoms with Gasteiger partial charge in [-0.2, -0.15) is 4.98 Å². The number of aryl methyl sites for hydroxylation is 2. The molecule has 1 saturated carbocycles. The summed E-state index contributed by atoms with van der Waals surface area (Å²) in [4.78, 5) is 18.5. The van der Waals surface area contributed by atoms with E-state index >= 15 is 0 Å². The molecule has 0 aromatic carbocycles. The van der Waals surface area contributed by atoms with Crippen molar-refractivity contribution in [1.29, 1.82) is 0 Å². The topological polar surface area (TPSA) is 68.0 Å². The standard InChI is InChI=1S/C17H23N3O2S/c1-3-16-19-17(20-22-16)14-10-13(11(2)23-14)18-15(21)9-8-12-6-4-5-7-12/h10,12H,3-9H2,1-2H3,(H,18,21). The Morgan fingerprint density at radius 3 is 2.91 bits per heavy atom. The van der Waals surface area contributed by atoms with Crippen molar-refractivity contribution in [3.63, 3.8) is 0 Å². The van der Waals surface area contributed by atoms with Crippen molar-refractivity contribution in [3.05, 3.63) is 16.8 Å². The minimum Gasteiger partial charge on any atom is -0.339 e. The number of carbonyl (C=O) groups is 1. The van der Waals surface area contributed by atoms with Gasteiger partial charge in [0.05, 0.1) is 10.6 Å². The number of hydrogen-bond acceptors (Lipinski definition) is 5. The van der Waals surface area contributed by atoms with Gasteiger partial charge in [-0.25, -0.2) is 0 Å². The Morgan fingerprint density at radius 2 is 2.22 bits per heavy atom. The molecule has 1 N–H and O–H groups in total. The Bertz CT molecular complexity index is 671. The lowest BCUT2D eigenvalue weighted by Gasteiger charge is -2.08. The molecule has 124 valence electrons. The fourth-order valence-electron chi connectivity index (χ4n) is 3.06. The van der Waals surface area contributed by atoms with Crippen molar-refractivity contribution in [1.82, 2.24) is 10.1 Å². The number of carbonyl (C=O) groups excluding carboxylic acids is 1. The van der Waals surface area contributed by atoms with E-state index in [4.69, 9.17) is 4.52 Å². The average molecular weight is 333 g/mol. The molecule has 0 spiro atoms. The zero-order chi connectivity index (χ0) is 16.2. The van der Waals surface area contributed by atoms with Crippen LogP contribution in [0.1, 0.15) is 56.2 Å². The van der Waals surface area contributed by atoms with E-state index in [1.807, 2.05) is 19.9 Å². The van der Waals surface area contributed by atoms with E-state index in [9.17, 15) is 4.79 Å². The summed E-state index contributed by atoms with van der Waals surface area (Å²) in [5.41, 5.74) is 0.865. The first-order valence-corrected chi connectivity index (χ1v) is 9.20. The number of aromatic nitrogens is 2. The molecule has 2 aromatic rings. The number of thiophene rings is 1. The Hall–Kier alpha value is -1.69. The Kier molecular flexibility index (Phi) is 5.10. The van der Waals surface area contributed by atoms with Crippen molar-refractivity contribution in [2.24, 2.45) is 5.92 Å². The van der Waals surface area contributed by atoms with E-state index in [0.29, 0.717) is 18.1 Å². The van der Waals surface area contributed by atoms with Crippen molar-refractivity contribution in [3.8, 4) is 10.7 Å². The predicted octanol–water partition coefficient (Wildman–Crippen LogP) is 4.58. The Balaban J connectivity index is 1.60. The molecule has 1 amide bonds. The predicted molar refractivity (Wildman–Crippen MR) is 91.5 cm³/mol. The highest BCUT2D eigenvalue weighted by Crippen LogP contribution is 2.33. The van der Waals surface area contributed by atoms with Gasteiger partial charge in [-0.15, -0.1) is 11.3 Å². The molecule has 0 radical (unpaired) electrons. The lowest BCUT2D eigenvalue weighted by Crippen LogP contribution is -2.12. The van der Waals surface area contributed by atoms with Crippen LogP contribution in [0, 0.1) is 12.8 Å². The Labute approximate surface area is 140 Å². The molecule has 0 unspecified atom stereocenters. The molecule has 0 aliphatic heterocycles. The van der Waals surface area contributed by atoms with Crippen LogP contribution in [0.5, 0.6) is 0 Å². The molecule has 3 rings (SSSR count). The maximum Gasteiger partial charge on any atom is 0.226 e. The monoisotopic (exact) mass is 333 g/mol. The third-order valence-corrected chi connectivity index (χ3v) is 5.48. The van der Waals surface area contributed by atoms with Crippen LogP contribution in [-0.2, 0) is 11.2 Å². The SMILES string of the molecule is CCc1nc(-c2cc(NC(=O)CCC3CCCC3)c(C)s2)no1. The minimum atomic E-state index is 0.103.